The van der Waals surface area contributed by atoms with E-state index in [9.17, 15) is 5.11 Å². The fourth-order valence-corrected chi connectivity index (χ4v) is 3.53. The topological polar surface area (TPSA) is 36.4 Å². The van der Waals surface area contributed by atoms with Crippen molar-refractivity contribution in [2.45, 2.75) is 46.9 Å². The van der Waals surface area contributed by atoms with Crippen LogP contribution in [-0.2, 0) is 13.2 Å². The van der Waals surface area contributed by atoms with E-state index in [1.807, 2.05) is 11.6 Å². The highest BCUT2D eigenvalue weighted by molar-refractivity contribution is 7.09. The zero-order chi connectivity index (χ0) is 15.6. The van der Waals surface area contributed by atoms with Crippen molar-refractivity contribution in [1.29, 1.82) is 0 Å². The number of nitrogens with zero attached hydrogens (tertiary/aromatic N) is 2. The molecule has 0 aliphatic carbocycles. The van der Waals surface area contributed by atoms with Crippen LogP contribution in [0.3, 0.4) is 0 Å². The Morgan fingerprint density at radius 3 is 2.48 bits per heavy atom. The molecule has 1 aromatic heterocycles. The number of hydrogen-bond acceptors (Lipinski definition) is 4. The number of benzene rings is 1. The van der Waals surface area contributed by atoms with Gasteiger partial charge in [-0.2, -0.15) is 0 Å². The molecular formula is C17H24N2OS. The first-order valence-electron chi connectivity index (χ1n) is 7.24. The minimum Gasteiger partial charge on any atom is -0.392 e. The summed E-state index contributed by atoms with van der Waals surface area (Å²) in [5, 5.41) is 12.7. The quantitative estimate of drug-likeness (QED) is 0.914. The zero-order valence-corrected chi connectivity index (χ0v) is 14.3. The van der Waals surface area contributed by atoms with Gasteiger partial charge in [0, 0.05) is 18.1 Å². The number of thiazole rings is 1. The second-order valence-corrected chi connectivity index (χ2v) is 6.64. The predicted octanol–water partition coefficient (Wildman–Crippen LogP) is 3.75. The summed E-state index contributed by atoms with van der Waals surface area (Å²) in [6.45, 7) is 9.49. The van der Waals surface area contributed by atoms with Gasteiger partial charge in [0.1, 0.15) is 5.01 Å². The van der Waals surface area contributed by atoms with Crippen molar-refractivity contribution in [1.82, 2.24) is 9.88 Å². The molecule has 0 spiro atoms. The first kappa shape index (κ1) is 16.1. The minimum absolute atomic E-state index is 0.108. The summed E-state index contributed by atoms with van der Waals surface area (Å²) in [6.07, 6.45) is 1.86. The fourth-order valence-electron chi connectivity index (χ4n) is 2.77. The zero-order valence-electron chi connectivity index (χ0n) is 13.5. The molecule has 0 radical (unpaired) electrons. The second kappa shape index (κ2) is 6.69. The summed E-state index contributed by atoms with van der Waals surface area (Å²) in [6, 6.07) is 2.47. The number of aryl methyl sites for hydroxylation is 2. The fraction of sp³-hybridized carbons (Fsp3) is 0.471. The molecule has 2 rings (SSSR count). The van der Waals surface area contributed by atoms with Crippen LogP contribution >= 0.6 is 11.3 Å². The van der Waals surface area contributed by atoms with E-state index in [0.717, 1.165) is 17.1 Å². The van der Waals surface area contributed by atoms with E-state index in [1.165, 1.54) is 22.3 Å². The van der Waals surface area contributed by atoms with Gasteiger partial charge in [-0.3, -0.25) is 4.90 Å². The molecule has 1 unspecified atom stereocenters. The summed E-state index contributed by atoms with van der Waals surface area (Å²) in [4.78, 5) is 6.72. The van der Waals surface area contributed by atoms with Crippen molar-refractivity contribution >= 4 is 11.3 Å². The van der Waals surface area contributed by atoms with Gasteiger partial charge >= 0.3 is 0 Å². The molecule has 3 nitrogen and oxygen atoms in total. The molecule has 2 aromatic rings. The first-order valence-corrected chi connectivity index (χ1v) is 8.12. The summed E-state index contributed by atoms with van der Waals surface area (Å²) in [5.74, 6) is 0. The molecule has 1 aromatic carbocycles. The molecule has 1 N–H and O–H groups in total. The molecule has 0 aliphatic heterocycles. The van der Waals surface area contributed by atoms with E-state index >= 15 is 0 Å². The largest absolute Gasteiger partial charge is 0.392 e. The monoisotopic (exact) mass is 304 g/mol. The Hall–Kier alpha value is -1.23. The van der Waals surface area contributed by atoms with Crippen molar-refractivity contribution in [3.63, 3.8) is 0 Å². The molecule has 0 saturated carbocycles. The number of aliphatic hydroxyl groups excluding tert-OH is 1. The van der Waals surface area contributed by atoms with Gasteiger partial charge in [0.2, 0.25) is 0 Å². The number of aliphatic hydroxyl groups is 1. The molecule has 0 aliphatic rings. The van der Waals surface area contributed by atoms with Gasteiger partial charge in [-0.05, 0) is 62.6 Å². The van der Waals surface area contributed by atoms with Crippen LogP contribution in [0, 0.1) is 20.8 Å². The summed E-state index contributed by atoms with van der Waals surface area (Å²) < 4.78 is 0. The molecule has 4 heteroatoms. The van der Waals surface area contributed by atoms with Crippen LogP contribution in [0.4, 0.5) is 0 Å². The Morgan fingerprint density at radius 1 is 1.24 bits per heavy atom. The lowest BCUT2D eigenvalue weighted by molar-refractivity contribution is 0.250. The lowest BCUT2D eigenvalue weighted by Crippen LogP contribution is -2.23. The normalized spacial score (nSPS) is 12.9. The van der Waals surface area contributed by atoms with Crippen LogP contribution in [0.25, 0.3) is 0 Å². The third-order valence-corrected chi connectivity index (χ3v) is 5.27. The van der Waals surface area contributed by atoms with E-state index in [2.05, 4.69) is 50.7 Å². The van der Waals surface area contributed by atoms with Crippen molar-refractivity contribution in [2.75, 3.05) is 7.05 Å². The first-order chi connectivity index (χ1) is 9.95. The van der Waals surface area contributed by atoms with Gasteiger partial charge in [0.15, 0.2) is 0 Å². The Labute approximate surface area is 131 Å². The van der Waals surface area contributed by atoms with Gasteiger partial charge in [-0.1, -0.05) is 6.07 Å². The molecule has 21 heavy (non-hydrogen) atoms. The predicted molar refractivity (Wildman–Crippen MR) is 88.6 cm³/mol. The standard InChI is InChI=1S/C17H24N2OS/c1-11-8-12(2)16(10-20)13(3)15(11)9-19(5)14(4)17-18-6-7-21-17/h6-8,14,20H,9-10H2,1-5H3. The van der Waals surface area contributed by atoms with E-state index in [1.54, 1.807) is 11.3 Å². The smallest absolute Gasteiger partial charge is 0.109 e. The maximum Gasteiger partial charge on any atom is 0.109 e. The van der Waals surface area contributed by atoms with E-state index < -0.39 is 0 Å². The van der Waals surface area contributed by atoms with Gasteiger partial charge in [-0.15, -0.1) is 11.3 Å². The van der Waals surface area contributed by atoms with E-state index in [4.69, 9.17) is 0 Å². The SMILES string of the molecule is Cc1cc(C)c(CN(C)C(C)c2nccs2)c(C)c1CO. The van der Waals surface area contributed by atoms with Gasteiger partial charge in [0.25, 0.3) is 0 Å². The van der Waals surface area contributed by atoms with Crippen molar-refractivity contribution < 1.29 is 5.11 Å². The Bertz CT molecular complexity index is 608. The third kappa shape index (κ3) is 3.34. The second-order valence-electron chi connectivity index (χ2n) is 5.71. The highest BCUT2D eigenvalue weighted by Crippen LogP contribution is 2.27. The maximum absolute atomic E-state index is 9.59. The number of hydrogen-bond donors (Lipinski definition) is 1. The van der Waals surface area contributed by atoms with Crippen LogP contribution in [0.2, 0.25) is 0 Å². The number of aromatic nitrogens is 1. The summed E-state index contributed by atoms with van der Waals surface area (Å²) in [5.41, 5.74) is 6.06. The Balaban J connectivity index is 2.27. The maximum atomic E-state index is 9.59. The van der Waals surface area contributed by atoms with Gasteiger partial charge in [-0.25, -0.2) is 4.98 Å². The van der Waals surface area contributed by atoms with Crippen LogP contribution < -0.4 is 0 Å². The highest BCUT2D eigenvalue weighted by atomic mass is 32.1. The van der Waals surface area contributed by atoms with Gasteiger partial charge < -0.3 is 5.11 Å². The molecule has 1 heterocycles. The third-order valence-electron chi connectivity index (χ3n) is 4.33. The number of rotatable bonds is 5. The highest BCUT2D eigenvalue weighted by Gasteiger charge is 2.17. The molecule has 1 atom stereocenters. The molecule has 0 amide bonds. The molecule has 114 valence electrons. The molecule has 0 fully saturated rings. The summed E-state index contributed by atoms with van der Waals surface area (Å²) in [7, 11) is 2.13. The van der Waals surface area contributed by atoms with Crippen LogP contribution in [0.1, 0.15) is 45.8 Å². The average Bonchev–Trinajstić information content (AvgIpc) is 2.96. The lowest BCUT2D eigenvalue weighted by Gasteiger charge is -2.26. The Kier molecular flexibility index (Phi) is 5.14. The summed E-state index contributed by atoms with van der Waals surface area (Å²) >= 11 is 1.70. The van der Waals surface area contributed by atoms with Gasteiger partial charge in [0.05, 0.1) is 12.6 Å². The van der Waals surface area contributed by atoms with Crippen LogP contribution in [0.5, 0.6) is 0 Å². The average molecular weight is 304 g/mol. The lowest BCUT2D eigenvalue weighted by atomic mass is 9.93. The van der Waals surface area contributed by atoms with Crippen molar-refractivity contribution in [3.8, 4) is 0 Å². The van der Waals surface area contributed by atoms with Crippen LogP contribution in [0.15, 0.2) is 17.6 Å². The van der Waals surface area contributed by atoms with Crippen molar-refractivity contribution in [3.05, 3.63) is 50.5 Å². The molecule has 0 saturated heterocycles. The molecule has 0 bridgehead atoms. The van der Waals surface area contributed by atoms with Crippen LogP contribution in [-0.4, -0.2) is 22.0 Å². The van der Waals surface area contributed by atoms with E-state index in [0.29, 0.717) is 6.04 Å². The van der Waals surface area contributed by atoms with E-state index in [-0.39, 0.29) is 6.61 Å². The van der Waals surface area contributed by atoms with Crippen molar-refractivity contribution in [2.24, 2.45) is 0 Å². The molecular weight excluding hydrogens is 280 g/mol. The minimum atomic E-state index is 0.108. The Morgan fingerprint density at radius 2 is 1.90 bits per heavy atom.